The summed E-state index contributed by atoms with van der Waals surface area (Å²) in [5.41, 5.74) is 3.17. The maximum Gasteiger partial charge on any atom is 0.243 e. The van der Waals surface area contributed by atoms with Gasteiger partial charge in [-0.15, -0.1) is 0 Å². The van der Waals surface area contributed by atoms with Gasteiger partial charge in [-0.3, -0.25) is 4.79 Å². The lowest BCUT2D eigenvalue weighted by molar-refractivity contribution is -0.116. The van der Waals surface area contributed by atoms with Gasteiger partial charge in [-0.2, -0.15) is 4.31 Å². The fourth-order valence-corrected chi connectivity index (χ4v) is 4.52. The number of hydrogen-bond donors (Lipinski definition) is 1. The minimum atomic E-state index is -3.74. The molecule has 6 heteroatoms. The number of anilines is 1. The first-order valence-corrected chi connectivity index (χ1v) is 10.1. The van der Waals surface area contributed by atoms with E-state index in [2.05, 4.69) is 5.32 Å². The van der Waals surface area contributed by atoms with Gasteiger partial charge in [0.1, 0.15) is 0 Å². The molecule has 1 amide bonds. The van der Waals surface area contributed by atoms with Gasteiger partial charge in [0.05, 0.1) is 11.4 Å². The SMILES string of the molecule is CCCN(CC(=O)Nc1ccccc1C)S(=O)(=O)c1cc(C)ccc1C. The van der Waals surface area contributed by atoms with Crippen LogP contribution in [-0.4, -0.2) is 31.7 Å². The first-order chi connectivity index (χ1) is 12.3. The Hall–Kier alpha value is -2.18. The Morgan fingerprint density at radius 3 is 2.38 bits per heavy atom. The van der Waals surface area contributed by atoms with Crippen LogP contribution >= 0.6 is 0 Å². The van der Waals surface area contributed by atoms with Crippen LogP contribution in [0, 0.1) is 20.8 Å². The van der Waals surface area contributed by atoms with Crippen molar-refractivity contribution in [3.05, 3.63) is 59.2 Å². The number of sulfonamides is 1. The topological polar surface area (TPSA) is 66.5 Å². The van der Waals surface area contributed by atoms with Gasteiger partial charge in [-0.05, 0) is 56.0 Å². The minimum absolute atomic E-state index is 0.210. The van der Waals surface area contributed by atoms with Crippen molar-refractivity contribution in [2.75, 3.05) is 18.4 Å². The first kappa shape index (κ1) is 20.1. The van der Waals surface area contributed by atoms with E-state index in [1.807, 2.05) is 45.0 Å². The second-order valence-electron chi connectivity index (χ2n) is 6.47. The molecule has 0 saturated carbocycles. The Morgan fingerprint density at radius 1 is 1.04 bits per heavy atom. The average molecular weight is 375 g/mol. The second-order valence-corrected chi connectivity index (χ2v) is 8.38. The van der Waals surface area contributed by atoms with E-state index in [0.717, 1.165) is 11.1 Å². The summed E-state index contributed by atoms with van der Waals surface area (Å²) in [4.78, 5) is 12.7. The third kappa shape index (κ3) is 4.71. The fourth-order valence-electron chi connectivity index (χ4n) is 2.72. The highest BCUT2D eigenvalue weighted by atomic mass is 32.2. The van der Waals surface area contributed by atoms with E-state index >= 15 is 0 Å². The molecule has 2 aromatic rings. The molecule has 140 valence electrons. The van der Waals surface area contributed by atoms with Crippen LogP contribution in [0.25, 0.3) is 0 Å². The zero-order chi connectivity index (χ0) is 19.3. The van der Waals surface area contributed by atoms with Crippen molar-refractivity contribution in [2.24, 2.45) is 0 Å². The zero-order valence-corrected chi connectivity index (χ0v) is 16.6. The lowest BCUT2D eigenvalue weighted by Gasteiger charge is -2.22. The van der Waals surface area contributed by atoms with E-state index in [1.54, 1.807) is 25.1 Å². The smallest absolute Gasteiger partial charge is 0.243 e. The summed E-state index contributed by atoms with van der Waals surface area (Å²) in [5, 5.41) is 2.80. The molecular formula is C20H26N2O3S. The Bertz CT molecular complexity index is 892. The lowest BCUT2D eigenvalue weighted by Crippen LogP contribution is -2.38. The van der Waals surface area contributed by atoms with Crippen molar-refractivity contribution in [2.45, 2.75) is 39.0 Å². The molecule has 26 heavy (non-hydrogen) atoms. The van der Waals surface area contributed by atoms with E-state index in [-0.39, 0.29) is 23.9 Å². The van der Waals surface area contributed by atoms with Crippen LogP contribution in [0.15, 0.2) is 47.4 Å². The molecule has 0 heterocycles. The Morgan fingerprint density at radius 2 is 1.73 bits per heavy atom. The van der Waals surface area contributed by atoms with Crippen molar-refractivity contribution in [1.82, 2.24) is 4.31 Å². The quantitative estimate of drug-likeness (QED) is 0.804. The molecule has 0 radical (unpaired) electrons. The number of carbonyl (C=O) groups is 1. The predicted octanol–water partition coefficient (Wildman–Crippen LogP) is 3.65. The first-order valence-electron chi connectivity index (χ1n) is 8.68. The van der Waals surface area contributed by atoms with Crippen LogP contribution in [0.5, 0.6) is 0 Å². The van der Waals surface area contributed by atoms with Gasteiger partial charge in [0.15, 0.2) is 0 Å². The molecular weight excluding hydrogens is 348 g/mol. The van der Waals surface area contributed by atoms with Crippen LogP contribution in [0.1, 0.15) is 30.0 Å². The standard InChI is InChI=1S/C20H26N2O3S/c1-5-12-22(14-20(23)21-18-9-7-6-8-16(18)3)26(24,25)19-13-15(2)10-11-17(19)4/h6-11,13H,5,12,14H2,1-4H3,(H,21,23). The van der Waals surface area contributed by atoms with Gasteiger partial charge in [0.25, 0.3) is 0 Å². The van der Waals surface area contributed by atoms with Crippen LogP contribution in [0.2, 0.25) is 0 Å². The van der Waals surface area contributed by atoms with Gasteiger partial charge in [0, 0.05) is 12.2 Å². The molecule has 0 aromatic heterocycles. The van der Waals surface area contributed by atoms with Crippen LogP contribution in [0.3, 0.4) is 0 Å². The Balaban J connectivity index is 2.26. The summed E-state index contributed by atoms with van der Waals surface area (Å²) >= 11 is 0. The van der Waals surface area contributed by atoms with E-state index in [0.29, 0.717) is 17.7 Å². The van der Waals surface area contributed by atoms with E-state index in [1.165, 1.54) is 4.31 Å². The predicted molar refractivity (Wildman–Crippen MR) is 105 cm³/mol. The molecule has 2 rings (SSSR count). The highest BCUT2D eigenvalue weighted by Crippen LogP contribution is 2.22. The number of para-hydroxylation sites is 1. The number of rotatable bonds is 7. The maximum atomic E-state index is 13.1. The molecule has 0 fully saturated rings. The summed E-state index contributed by atoms with van der Waals surface area (Å²) in [5.74, 6) is -0.346. The normalized spacial score (nSPS) is 11.6. The highest BCUT2D eigenvalue weighted by Gasteiger charge is 2.27. The van der Waals surface area contributed by atoms with Crippen molar-refractivity contribution in [1.29, 1.82) is 0 Å². The van der Waals surface area contributed by atoms with Crippen molar-refractivity contribution in [3.63, 3.8) is 0 Å². The van der Waals surface area contributed by atoms with Gasteiger partial charge < -0.3 is 5.32 Å². The molecule has 0 aliphatic rings. The van der Waals surface area contributed by atoms with E-state index in [9.17, 15) is 13.2 Å². The number of amides is 1. The summed E-state index contributed by atoms with van der Waals surface area (Å²) in [6, 6.07) is 12.7. The van der Waals surface area contributed by atoms with E-state index in [4.69, 9.17) is 0 Å². The largest absolute Gasteiger partial charge is 0.325 e. The molecule has 0 spiro atoms. The fraction of sp³-hybridized carbons (Fsp3) is 0.350. The van der Waals surface area contributed by atoms with Crippen molar-refractivity contribution < 1.29 is 13.2 Å². The van der Waals surface area contributed by atoms with Gasteiger partial charge in [0.2, 0.25) is 15.9 Å². The van der Waals surface area contributed by atoms with Crippen molar-refractivity contribution in [3.8, 4) is 0 Å². The number of hydrogen-bond acceptors (Lipinski definition) is 3. The summed E-state index contributed by atoms with van der Waals surface area (Å²) in [6.45, 7) is 7.49. The van der Waals surface area contributed by atoms with Crippen LogP contribution in [0.4, 0.5) is 5.69 Å². The van der Waals surface area contributed by atoms with Crippen LogP contribution < -0.4 is 5.32 Å². The molecule has 0 aliphatic heterocycles. The third-order valence-electron chi connectivity index (χ3n) is 4.17. The van der Waals surface area contributed by atoms with Gasteiger partial charge in [-0.1, -0.05) is 37.3 Å². The molecule has 1 N–H and O–H groups in total. The van der Waals surface area contributed by atoms with Gasteiger partial charge >= 0.3 is 0 Å². The third-order valence-corrected chi connectivity index (χ3v) is 6.16. The molecule has 5 nitrogen and oxygen atoms in total. The molecule has 0 saturated heterocycles. The lowest BCUT2D eigenvalue weighted by atomic mass is 10.2. The Kier molecular flexibility index (Phi) is 6.56. The number of benzene rings is 2. The molecule has 0 unspecified atom stereocenters. The summed E-state index contributed by atoms with van der Waals surface area (Å²) in [7, 11) is -3.74. The number of aryl methyl sites for hydroxylation is 3. The highest BCUT2D eigenvalue weighted by molar-refractivity contribution is 7.89. The number of nitrogens with zero attached hydrogens (tertiary/aromatic N) is 1. The molecule has 0 atom stereocenters. The minimum Gasteiger partial charge on any atom is -0.325 e. The second kappa shape index (κ2) is 8.47. The van der Waals surface area contributed by atoms with Crippen LogP contribution in [-0.2, 0) is 14.8 Å². The zero-order valence-electron chi connectivity index (χ0n) is 15.7. The summed E-state index contributed by atoms with van der Waals surface area (Å²) in [6.07, 6.45) is 0.627. The molecule has 0 bridgehead atoms. The summed E-state index contributed by atoms with van der Waals surface area (Å²) < 4.78 is 27.4. The number of carbonyl (C=O) groups excluding carboxylic acids is 1. The monoisotopic (exact) mass is 374 g/mol. The average Bonchev–Trinajstić information content (AvgIpc) is 2.58. The van der Waals surface area contributed by atoms with Gasteiger partial charge in [-0.25, -0.2) is 8.42 Å². The Labute approximate surface area is 156 Å². The maximum absolute atomic E-state index is 13.1. The molecule has 0 aliphatic carbocycles. The van der Waals surface area contributed by atoms with E-state index < -0.39 is 10.0 Å². The van der Waals surface area contributed by atoms with Crippen molar-refractivity contribution >= 4 is 21.6 Å². The molecule has 2 aromatic carbocycles. The number of nitrogens with one attached hydrogen (secondary N) is 1.